The Kier molecular flexibility index (Phi) is 5.71. The lowest BCUT2D eigenvalue weighted by Crippen LogP contribution is -2.55. The quantitative estimate of drug-likeness (QED) is 0.833. The topological polar surface area (TPSA) is 70.0 Å². The Hall–Kier alpha value is -2.21. The Morgan fingerprint density at radius 3 is 2.65 bits per heavy atom. The highest BCUT2D eigenvalue weighted by Crippen LogP contribution is 2.24. The Morgan fingerprint density at radius 2 is 1.96 bits per heavy atom. The van der Waals surface area contributed by atoms with E-state index in [1.165, 1.54) is 5.56 Å². The standard InChI is InChI=1S/C21H25NO4/c1-16-5-7-17(8-6-16)12-21(15-23)14-22(9-10-26-21)13-18-3-2-4-19(11-18)20(24)25/h2-8,11,23H,9-10,12-15H2,1H3,(H,24,25)/t21-/m1/s1. The van der Waals surface area contributed by atoms with Crippen molar-refractivity contribution in [1.82, 2.24) is 4.90 Å². The molecule has 0 aromatic heterocycles. The highest BCUT2D eigenvalue weighted by atomic mass is 16.5. The molecule has 2 aromatic carbocycles. The van der Waals surface area contributed by atoms with Gasteiger partial charge in [0.2, 0.25) is 0 Å². The third-order valence-corrected chi connectivity index (χ3v) is 4.84. The summed E-state index contributed by atoms with van der Waals surface area (Å²) < 4.78 is 5.99. The van der Waals surface area contributed by atoms with Gasteiger partial charge in [-0.2, -0.15) is 0 Å². The lowest BCUT2D eigenvalue weighted by molar-refractivity contribution is -0.134. The molecule has 0 bridgehead atoms. The molecule has 3 rings (SSSR count). The van der Waals surface area contributed by atoms with Crippen LogP contribution in [0.5, 0.6) is 0 Å². The van der Waals surface area contributed by atoms with Gasteiger partial charge < -0.3 is 14.9 Å². The molecule has 1 atom stereocenters. The zero-order valence-corrected chi connectivity index (χ0v) is 15.0. The molecule has 2 aromatic rings. The van der Waals surface area contributed by atoms with Gasteiger partial charge in [-0.3, -0.25) is 4.90 Å². The average Bonchev–Trinajstić information content (AvgIpc) is 2.64. The maximum Gasteiger partial charge on any atom is 0.335 e. The summed E-state index contributed by atoms with van der Waals surface area (Å²) in [6.07, 6.45) is 0.648. The number of carbonyl (C=O) groups is 1. The Labute approximate surface area is 153 Å². The molecular formula is C21H25NO4. The Balaban J connectivity index is 1.71. The molecule has 1 aliphatic rings. The lowest BCUT2D eigenvalue weighted by Gasteiger charge is -2.42. The zero-order valence-electron chi connectivity index (χ0n) is 15.0. The molecule has 0 radical (unpaired) electrons. The van der Waals surface area contributed by atoms with Crippen molar-refractivity contribution in [2.45, 2.75) is 25.5 Å². The maximum atomic E-state index is 11.2. The Bertz CT molecular complexity index is 759. The number of morpholine rings is 1. The molecule has 138 valence electrons. The number of aliphatic hydroxyl groups is 1. The van der Waals surface area contributed by atoms with Crippen molar-refractivity contribution in [3.05, 3.63) is 70.8 Å². The van der Waals surface area contributed by atoms with E-state index < -0.39 is 11.6 Å². The molecule has 1 aliphatic heterocycles. The van der Waals surface area contributed by atoms with E-state index in [1.54, 1.807) is 18.2 Å². The number of hydrogen-bond donors (Lipinski definition) is 2. The smallest absolute Gasteiger partial charge is 0.335 e. The van der Waals surface area contributed by atoms with Gasteiger partial charge >= 0.3 is 5.97 Å². The van der Waals surface area contributed by atoms with Gasteiger partial charge in [0.1, 0.15) is 5.60 Å². The van der Waals surface area contributed by atoms with Crippen LogP contribution >= 0.6 is 0 Å². The van der Waals surface area contributed by atoms with Gasteiger partial charge in [-0.05, 0) is 30.2 Å². The second-order valence-corrected chi connectivity index (χ2v) is 7.07. The van der Waals surface area contributed by atoms with Crippen LogP contribution in [-0.4, -0.2) is 53.0 Å². The molecule has 5 heteroatoms. The van der Waals surface area contributed by atoms with Gasteiger partial charge in [0.15, 0.2) is 0 Å². The Morgan fingerprint density at radius 1 is 1.19 bits per heavy atom. The highest BCUT2D eigenvalue weighted by molar-refractivity contribution is 5.87. The van der Waals surface area contributed by atoms with E-state index >= 15 is 0 Å². The predicted molar refractivity (Wildman–Crippen MR) is 99.3 cm³/mol. The van der Waals surface area contributed by atoms with Crippen molar-refractivity contribution < 1.29 is 19.7 Å². The van der Waals surface area contributed by atoms with Gasteiger partial charge in [0, 0.05) is 26.1 Å². The number of aryl methyl sites for hydroxylation is 1. The van der Waals surface area contributed by atoms with Crippen molar-refractivity contribution in [2.75, 3.05) is 26.3 Å². The van der Waals surface area contributed by atoms with Crippen molar-refractivity contribution in [1.29, 1.82) is 0 Å². The first-order valence-electron chi connectivity index (χ1n) is 8.85. The van der Waals surface area contributed by atoms with E-state index in [4.69, 9.17) is 9.84 Å². The summed E-state index contributed by atoms with van der Waals surface area (Å²) in [5.74, 6) is -0.919. The minimum atomic E-state index is -0.919. The van der Waals surface area contributed by atoms with E-state index in [9.17, 15) is 9.90 Å². The minimum Gasteiger partial charge on any atom is -0.478 e. The monoisotopic (exact) mass is 355 g/mol. The fourth-order valence-corrected chi connectivity index (χ4v) is 3.46. The summed E-state index contributed by atoms with van der Waals surface area (Å²) in [5, 5.41) is 19.2. The maximum absolute atomic E-state index is 11.2. The summed E-state index contributed by atoms with van der Waals surface area (Å²) >= 11 is 0. The van der Waals surface area contributed by atoms with Gasteiger partial charge in [-0.15, -0.1) is 0 Å². The van der Waals surface area contributed by atoms with Crippen LogP contribution in [0.2, 0.25) is 0 Å². The molecule has 0 aliphatic carbocycles. The van der Waals surface area contributed by atoms with Crippen LogP contribution in [-0.2, 0) is 17.7 Å². The molecule has 0 saturated carbocycles. The van der Waals surface area contributed by atoms with Gasteiger partial charge in [0.25, 0.3) is 0 Å². The minimum absolute atomic E-state index is 0.0491. The number of benzene rings is 2. The normalized spacial score (nSPS) is 20.8. The van der Waals surface area contributed by atoms with Crippen LogP contribution in [0.1, 0.15) is 27.0 Å². The fourth-order valence-electron chi connectivity index (χ4n) is 3.46. The van der Waals surface area contributed by atoms with Crippen LogP contribution in [0, 0.1) is 6.92 Å². The molecule has 1 fully saturated rings. The fraction of sp³-hybridized carbons (Fsp3) is 0.381. The molecular weight excluding hydrogens is 330 g/mol. The number of aromatic carboxylic acids is 1. The van der Waals surface area contributed by atoms with Crippen LogP contribution in [0.3, 0.4) is 0 Å². The average molecular weight is 355 g/mol. The first kappa shape index (κ1) is 18.6. The van der Waals surface area contributed by atoms with Gasteiger partial charge in [-0.25, -0.2) is 4.79 Å². The summed E-state index contributed by atoms with van der Waals surface area (Å²) in [7, 11) is 0. The number of hydrogen-bond acceptors (Lipinski definition) is 4. The summed E-state index contributed by atoms with van der Waals surface area (Å²) in [5.41, 5.74) is 2.96. The summed E-state index contributed by atoms with van der Waals surface area (Å²) in [4.78, 5) is 13.4. The summed E-state index contributed by atoms with van der Waals surface area (Å²) in [6.45, 7) is 4.55. The van der Waals surface area contributed by atoms with Crippen molar-refractivity contribution >= 4 is 5.97 Å². The molecule has 2 N–H and O–H groups in total. The van der Waals surface area contributed by atoms with E-state index in [2.05, 4.69) is 36.1 Å². The molecule has 0 amide bonds. The SMILES string of the molecule is Cc1ccc(C[C@]2(CO)CN(Cc3cccc(C(=O)O)c3)CCO2)cc1. The molecule has 0 spiro atoms. The second kappa shape index (κ2) is 7.99. The second-order valence-electron chi connectivity index (χ2n) is 7.07. The van der Waals surface area contributed by atoms with Crippen molar-refractivity contribution in [2.24, 2.45) is 0 Å². The first-order chi connectivity index (χ1) is 12.5. The van der Waals surface area contributed by atoms with Crippen LogP contribution < -0.4 is 0 Å². The van der Waals surface area contributed by atoms with E-state index in [-0.39, 0.29) is 6.61 Å². The third-order valence-electron chi connectivity index (χ3n) is 4.84. The summed E-state index contributed by atoms with van der Waals surface area (Å²) in [6, 6.07) is 15.3. The van der Waals surface area contributed by atoms with E-state index in [0.717, 1.165) is 17.7 Å². The number of carboxylic acids is 1. The van der Waals surface area contributed by atoms with E-state index in [0.29, 0.717) is 31.7 Å². The zero-order chi connectivity index (χ0) is 18.6. The first-order valence-corrected chi connectivity index (χ1v) is 8.85. The molecule has 5 nitrogen and oxygen atoms in total. The number of ether oxygens (including phenoxy) is 1. The van der Waals surface area contributed by atoms with Crippen LogP contribution in [0.25, 0.3) is 0 Å². The van der Waals surface area contributed by atoms with Crippen molar-refractivity contribution in [3.63, 3.8) is 0 Å². The largest absolute Gasteiger partial charge is 0.478 e. The molecule has 1 heterocycles. The lowest BCUT2D eigenvalue weighted by atomic mass is 9.92. The number of aliphatic hydroxyl groups excluding tert-OH is 1. The number of carboxylic acid groups (broad SMARTS) is 1. The molecule has 1 saturated heterocycles. The number of rotatable bonds is 6. The third kappa shape index (κ3) is 4.49. The van der Waals surface area contributed by atoms with Crippen LogP contribution in [0.4, 0.5) is 0 Å². The number of nitrogens with zero attached hydrogens (tertiary/aromatic N) is 1. The van der Waals surface area contributed by atoms with Gasteiger partial charge in [-0.1, -0.05) is 42.0 Å². The highest BCUT2D eigenvalue weighted by Gasteiger charge is 2.36. The molecule has 0 unspecified atom stereocenters. The predicted octanol–water partition coefficient (Wildman–Crippen LogP) is 2.50. The van der Waals surface area contributed by atoms with Crippen molar-refractivity contribution in [3.8, 4) is 0 Å². The van der Waals surface area contributed by atoms with Gasteiger partial charge in [0.05, 0.1) is 18.8 Å². The van der Waals surface area contributed by atoms with E-state index in [1.807, 2.05) is 6.07 Å². The molecule has 26 heavy (non-hydrogen) atoms. The van der Waals surface area contributed by atoms with Crippen LogP contribution in [0.15, 0.2) is 48.5 Å².